The Hall–Kier alpha value is -1.65. The molecule has 1 amide bonds. The lowest BCUT2D eigenvalue weighted by Crippen LogP contribution is -2.87. The number of nitrogens with two attached hydrogens (primary N) is 1. The van der Waals surface area contributed by atoms with E-state index < -0.39 is 0 Å². The lowest BCUT2D eigenvalue weighted by molar-refractivity contribution is -0.686. The van der Waals surface area contributed by atoms with Gasteiger partial charge in [-0.1, -0.05) is 47.1 Å². The summed E-state index contributed by atoms with van der Waals surface area (Å²) >= 11 is 3.45. The molecule has 1 atom stereocenters. The van der Waals surface area contributed by atoms with E-state index in [9.17, 15) is 4.79 Å². The number of rotatable bonds is 6. The average molecular weight is 362 g/mol. The van der Waals surface area contributed by atoms with Gasteiger partial charge >= 0.3 is 0 Å². The molecule has 4 heteroatoms. The van der Waals surface area contributed by atoms with E-state index in [2.05, 4.69) is 45.6 Å². The molecule has 0 saturated carbocycles. The monoisotopic (exact) mass is 361 g/mol. The van der Waals surface area contributed by atoms with E-state index in [0.29, 0.717) is 12.6 Å². The first-order valence-corrected chi connectivity index (χ1v) is 8.33. The molecule has 0 saturated heterocycles. The van der Waals surface area contributed by atoms with Crippen LogP contribution in [0.5, 0.6) is 0 Å². The normalized spacial score (nSPS) is 12.0. The summed E-state index contributed by atoms with van der Waals surface area (Å²) in [5.74, 6) is 0.0289. The van der Waals surface area contributed by atoms with Gasteiger partial charge in [0.1, 0.15) is 6.04 Å². The molecular weight excluding hydrogens is 340 g/mol. The minimum atomic E-state index is 0.0289. The standard InChI is InChI=1S/C18H21BrN2O/c1-3-17(14-7-9-15(19)10-8-14)20-12-18(22)21-16-6-4-5-13(2)11-16/h4-11,17,20H,3,12H2,1-2H3,(H,21,22)/p+1/t17-/m0/s1. The van der Waals surface area contributed by atoms with Crippen LogP contribution in [-0.4, -0.2) is 12.5 Å². The summed E-state index contributed by atoms with van der Waals surface area (Å²) in [7, 11) is 0. The van der Waals surface area contributed by atoms with Crippen LogP contribution in [0.2, 0.25) is 0 Å². The maximum absolute atomic E-state index is 12.1. The lowest BCUT2D eigenvalue weighted by Gasteiger charge is -2.14. The van der Waals surface area contributed by atoms with Crippen molar-refractivity contribution in [2.45, 2.75) is 26.3 Å². The number of amides is 1. The van der Waals surface area contributed by atoms with E-state index >= 15 is 0 Å². The zero-order chi connectivity index (χ0) is 15.9. The zero-order valence-electron chi connectivity index (χ0n) is 13.0. The Bertz CT molecular complexity index is 625. The highest BCUT2D eigenvalue weighted by Crippen LogP contribution is 2.16. The number of halogens is 1. The molecule has 3 nitrogen and oxygen atoms in total. The first kappa shape index (κ1) is 16.7. The van der Waals surface area contributed by atoms with Crippen molar-refractivity contribution in [3.63, 3.8) is 0 Å². The van der Waals surface area contributed by atoms with Crippen molar-refractivity contribution < 1.29 is 10.1 Å². The van der Waals surface area contributed by atoms with Gasteiger partial charge in [-0.25, -0.2) is 0 Å². The quantitative estimate of drug-likeness (QED) is 0.813. The van der Waals surface area contributed by atoms with E-state index in [-0.39, 0.29) is 5.91 Å². The Morgan fingerprint density at radius 2 is 1.95 bits per heavy atom. The predicted octanol–water partition coefficient (Wildman–Crippen LogP) is 3.41. The van der Waals surface area contributed by atoms with Gasteiger partial charge in [0, 0.05) is 22.1 Å². The molecule has 0 aliphatic rings. The van der Waals surface area contributed by atoms with Gasteiger partial charge in [0.25, 0.3) is 5.91 Å². The van der Waals surface area contributed by atoms with Gasteiger partial charge in [0.2, 0.25) is 0 Å². The maximum atomic E-state index is 12.1. The summed E-state index contributed by atoms with van der Waals surface area (Å²) < 4.78 is 1.07. The summed E-state index contributed by atoms with van der Waals surface area (Å²) in [6.07, 6.45) is 0.985. The molecule has 0 aliphatic carbocycles. The Morgan fingerprint density at radius 1 is 1.23 bits per heavy atom. The van der Waals surface area contributed by atoms with Crippen LogP contribution in [0.25, 0.3) is 0 Å². The van der Waals surface area contributed by atoms with Crippen molar-refractivity contribution in [2.75, 3.05) is 11.9 Å². The smallest absolute Gasteiger partial charge is 0.279 e. The molecule has 0 unspecified atom stereocenters. The highest BCUT2D eigenvalue weighted by atomic mass is 79.9. The second-order valence-electron chi connectivity index (χ2n) is 5.42. The molecular formula is C18H22BrN2O+. The summed E-state index contributed by atoms with van der Waals surface area (Å²) in [4.78, 5) is 12.1. The van der Waals surface area contributed by atoms with Gasteiger partial charge in [0.15, 0.2) is 6.54 Å². The molecule has 0 heterocycles. The number of benzene rings is 2. The third-order valence-corrected chi connectivity index (χ3v) is 4.16. The number of hydrogen-bond acceptors (Lipinski definition) is 1. The fourth-order valence-electron chi connectivity index (χ4n) is 2.43. The van der Waals surface area contributed by atoms with Crippen molar-refractivity contribution in [1.82, 2.24) is 0 Å². The van der Waals surface area contributed by atoms with Gasteiger partial charge in [-0.15, -0.1) is 0 Å². The van der Waals surface area contributed by atoms with E-state index in [0.717, 1.165) is 22.1 Å². The number of quaternary nitrogens is 1. The molecule has 2 aromatic rings. The first-order chi connectivity index (χ1) is 10.6. The minimum absolute atomic E-state index is 0.0289. The van der Waals surface area contributed by atoms with Gasteiger partial charge in [0.05, 0.1) is 0 Å². The molecule has 0 fully saturated rings. The molecule has 2 aromatic carbocycles. The Kier molecular flexibility index (Phi) is 6.16. The van der Waals surface area contributed by atoms with E-state index in [1.165, 1.54) is 5.56 Å². The van der Waals surface area contributed by atoms with Crippen LogP contribution in [0.4, 0.5) is 5.69 Å². The van der Waals surface area contributed by atoms with Crippen LogP contribution in [0, 0.1) is 6.92 Å². The van der Waals surface area contributed by atoms with Crippen molar-refractivity contribution in [3.05, 3.63) is 64.1 Å². The van der Waals surface area contributed by atoms with Gasteiger partial charge in [-0.3, -0.25) is 4.79 Å². The van der Waals surface area contributed by atoms with Crippen molar-refractivity contribution in [2.24, 2.45) is 0 Å². The van der Waals surface area contributed by atoms with Crippen LogP contribution in [0.1, 0.15) is 30.5 Å². The minimum Gasteiger partial charge on any atom is -0.332 e. The van der Waals surface area contributed by atoms with E-state index in [1.807, 2.05) is 43.3 Å². The largest absolute Gasteiger partial charge is 0.332 e. The van der Waals surface area contributed by atoms with Gasteiger partial charge < -0.3 is 10.6 Å². The molecule has 3 N–H and O–H groups in total. The molecule has 0 bridgehead atoms. The predicted molar refractivity (Wildman–Crippen MR) is 93.8 cm³/mol. The number of hydrogen-bond donors (Lipinski definition) is 2. The first-order valence-electron chi connectivity index (χ1n) is 7.54. The summed E-state index contributed by atoms with van der Waals surface area (Å²) in [6.45, 7) is 4.58. The van der Waals surface area contributed by atoms with Crippen LogP contribution >= 0.6 is 15.9 Å². The molecule has 0 spiro atoms. The van der Waals surface area contributed by atoms with Crippen LogP contribution in [-0.2, 0) is 4.79 Å². The topological polar surface area (TPSA) is 45.7 Å². The fourth-order valence-corrected chi connectivity index (χ4v) is 2.70. The van der Waals surface area contributed by atoms with Crippen molar-refractivity contribution >= 4 is 27.5 Å². The molecule has 0 aromatic heterocycles. The second-order valence-corrected chi connectivity index (χ2v) is 6.34. The molecule has 0 radical (unpaired) electrons. The van der Waals surface area contributed by atoms with Crippen LogP contribution < -0.4 is 10.6 Å². The molecule has 116 valence electrons. The molecule has 0 aliphatic heterocycles. The number of nitrogens with one attached hydrogen (secondary N) is 1. The van der Waals surface area contributed by atoms with Crippen LogP contribution in [0.15, 0.2) is 53.0 Å². The van der Waals surface area contributed by atoms with Crippen molar-refractivity contribution in [1.29, 1.82) is 0 Å². The summed E-state index contributed by atoms with van der Waals surface area (Å²) in [6, 6.07) is 16.4. The zero-order valence-corrected chi connectivity index (χ0v) is 14.6. The van der Waals surface area contributed by atoms with Gasteiger partial charge in [-0.2, -0.15) is 0 Å². The van der Waals surface area contributed by atoms with Crippen molar-refractivity contribution in [3.8, 4) is 0 Å². The Morgan fingerprint density at radius 3 is 2.59 bits per heavy atom. The fraction of sp³-hybridized carbons (Fsp3) is 0.278. The lowest BCUT2D eigenvalue weighted by atomic mass is 10.0. The maximum Gasteiger partial charge on any atom is 0.279 e. The summed E-state index contributed by atoms with van der Waals surface area (Å²) in [5.41, 5.74) is 3.24. The third-order valence-electron chi connectivity index (χ3n) is 3.63. The third kappa shape index (κ3) is 4.97. The second kappa shape index (κ2) is 8.11. The molecule has 2 rings (SSSR count). The average Bonchev–Trinajstić information content (AvgIpc) is 2.49. The Balaban J connectivity index is 1.90. The van der Waals surface area contributed by atoms with E-state index in [4.69, 9.17) is 0 Å². The SMILES string of the molecule is CC[C@H]([NH2+]CC(=O)Nc1cccc(C)c1)c1ccc(Br)cc1. The highest BCUT2D eigenvalue weighted by molar-refractivity contribution is 9.10. The number of carbonyl (C=O) groups is 1. The van der Waals surface area contributed by atoms with E-state index in [1.54, 1.807) is 0 Å². The number of anilines is 1. The number of carbonyl (C=O) groups excluding carboxylic acids is 1. The summed E-state index contributed by atoms with van der Waals surface area (Å²) in [5, 5.41) is 5.04. The highest BCUT2D eigenvalue weighted by Gasteiger charge is 2.14. The molecule has 22 heavy (non-hydrogen) atoms. The number of aryl methyl sites for hydroxylation is 1. The van der Waals surface area contributed by atoms with Crippen LogP contribution in [0.3, 0.4) is 0 Å². The van der Waals surface area contributed by atoms with Gasteiger partial charge in [-0.05, 0) is 36.8 Å². The Labute approximate surface area is 140 Å².